The number of ether oxygens (including phenoxy) is 1. The number of nitrogens with one attached hydrogen (secondary N) is 1. The van der Waals surface area contributed by atoms with Gasteiger partial charge in [-0.05, 0) is 19.1 Å². The Balaban J connectivity index is 2.40. The predicted molar refractivity (Wildman–Crippen MR) is 45.2 cm³/mol. The monoisotopic (exact) mass is 163 g/mol. The van der Waals surface area contributed by atoms with E-state index in [1.807, 2.05) is 18.2 Å². The van der Waals surface area contributed by atoms with Gasteiger partial charge >= 0.3 is 5.97 Å². The number of esters is 1. The molecule has 1 aromatic rings. The Kier molecular flexibility index (Phi) is 1.50. The molecule has 12 heavy (non-hydrogen) atoms. The van der Waals surface area contributed by atoms with E-state index in [1.54, 1.807) is 13.0 Å². The molecule has 1 atom stereocenters. The van der Waals surface area contributed by atoms with Crippen LogP contribution in [-0.4, -0.2) is 12.0 Å². The number of rotatable bonds is 0. The molecule has 0 aliphatic carbocycles. The Labute approximate surface area is 70.3 Å². The van der Waals surface area contributed by atoms with Crippen LogP contribution in [0.4, 0.5) is 5.69 Å². The highest BCUT2D eigenvalue weighted by atomic mass is 16.5. The van der Waals surface area contributed by atoms with Gasteiger partial charge in [-0.1, -0.05) is 12.1 Å². The van der Waals surface area contributed by atoms with Crippen LogP contribution in [0.3, 0.4) is 0 Å². The lowest BCUT2D eigenvalue weighted by atomic mass is 10.2. The van der Waals surface area contributed by atoms with Gasteiger partial charge in [-0.25, -0.2) is 4.79 Å². The zero-order valence-electron chi connectivity index (χ0n) is 6.70. The molecule has 0 aromatic heterocycles. The third kappa shape index (κ3) is 1.03. The van der Waals surface area contributed by atoms with Crippen LogP contribution in [0.1, 0.15) is 6.92 Å². The number of anilines is 1. The molecule has 1 N–H and O–H groups in total. The second kappa shape index (κ2) is 2.52. The minimum Gasteiger partial charge on any atom is -0.423 e. The van der Waals surface area contributed by atoms with Crippen molar-refractivity contribution >= 4 is 11.7 Å². The number of carbonyl (C=O) groups excluding carboxylic acids is 1. The fourth-order valence-electron chi connectivity index (χ4n) is 1.16. The van der Waals surface area contributed by atoms with E-state index < -0.39 is 0 Å². The van der Waals surface area contributed by atoms with Gasteiger partial charge < -0.3 is 10.1 Å². The Morgan fingerprint density at radius 3 is 3.00 bits per heavy atom. The summed E-state index contributed by atoms with van der Waals surface area (Å²) in [5, 5.41) is 3.04. The van der Waals surface area contributed by atoms with Crippen molar-refractivity contribution in [3.05, 3.63) is 24.3 Å². The quantitative estimate of drug-likeness (QED) is 0.464. The summed E-state index contributed by atoms with van der Waals surface area (Å²) in [7, 11) is 0. The van der Waals surface area contributed by atoms with Gasteiger partial charge in [0.15, 0.2) is 5.75 Å². The van der Waals surface area contributed by atoms with E-state index in [9.17, 15) is 4.79 Å². The molecule has 0 saturated heterocycles. The number of benzene rings is 1. The molecule has 0 radical (unpaired) electrons. The first-order valence-electron chi connectivity index (χ1n) is 3.84. The maximum absolute atomic E-state index is 11.1. The van der Waals surface area contributed by atoms with E-state index in [0.717, 1.165) is 5.69 Å². The standard InChI is InChI=1S/C9H9NO2/c1-6-9(11)12-8-5-3-2-4-7(8)10-6/h2-6,10H,1H3/t6-/m0/s1. The molecule has 3 heteroatoms. The summed E-state index contributed by atoms with van der Waals surface area (Å²) < 4.78 is 5.04. The zero-order chi connectivity index (χ0) is 8.55. The lowest BCUT2D eigenvalue weighted by Crippen LogP contribution is -2.34. The summed E-state index contributed by atoms with van der Waals surface area (Å²) in [5.41, 5.74) is 0.879. The van der Waals surface area contributed by atoms with Crippen molar-refractivity contribution < 1.29 is 9.53 Å². The topological polar surface area (TPSA) is 38.3 Å². The second-order valence-corrected chi connectivity index (χ2v) is 2.78. The molecular weight excluding hydrogens is 154 g/mol. The molecule has 2 rings (SSSR count). The van der Waals surface area contributed by atoms with Gasteiger partial charge in [-0.3, -0.25) is 0 Å². The van der Waals surface area contributed by atoms with E-state index in [4.69, 9.17) is 4.74 Å². The predicted octanol–water partition coefficient (Wildman–Crippen LogP) is 1.41. The van der Waals surface area contributed by atoms with Crippen LogP contribution in [0, 0.1) is 0 Å². The molecule has 0 fully saturated rings. The van der Waals surface area contributed by atoms with E-state index in [0.29, 0.717) is 5.75 Å². The summed E-state index contributed by atoms with van der Waals surface area (Å²) in [6.45, 7) is 1.78. The van der Waals surface area contributed by atoms with Gasteiger partial charge in [0.25, 0.3) is 0 Å². The third-order valence-electron chi connectivity index (χ3n) is 1.82. The van der Waals surface area contributed by atoms with Crippen molar-refractivity contribution in [3.8, 4) is 5.75 Å². The molecule has 1 aromatic carbocycles. The molecule has 0 unspecified atom stereocenters. The highest BCUT2D eigenvalue weighted by molar-refractivity contribution is 5.86. The maximum Gasteiger partial charge on any atom is 0.333 e. The maximum atomic E-state index is 11.1. The van der Waals surface area contributed by atoms with E-state index >= 15 is 0 Å². The summed E-state index contributed by atoms with van der Waals surface area (Å²) in [6.07, 6.45) is 0. The molecule has 0 amide bonds. The Bertz CT molecular complexity index is 322. The Morgan fingerprint density at radius 2 is 2.17 bits per heavy atom. The third-order valence-corrected chi connectivity index (χ3v) is 1.82. The van der Waals surface area contributed by atoms with Gasteiger partial charge in [0.1, 0.15) is 6.04 Å². The van der Waals surface area contributed by atoms with Gasteiger partial charge in [0.2, 0.25) is 0 Å². The zero-order valence-corrected chi connectivity index (χ0v) is 6.70. The summed E-state index contributed by atoms with van der Waals surface area (Å²) in [6, 6.07) is 7.14. The van der Waals surface area contributed by atoms with Crippen LogP contribution in [0.15, 0.2) is 24.3 Å². The molecule has 1 aliphatic heterocycles. The first-order valence-corrected chi connectivity index (χ1v) is 3.84. The Hall–Kier alpha value is -1.51. The minimum absolute atomic E-state index is 0.228. The summed E-state index contributed by atoms with van der Waals surface area (Å²) in [4.78, 5) is 11.1. The second-order valence-electron chi connectivity index (χ2n) is 2.78. The van der Waals surface area contributed by atoms with Crippen molar-refractivity contribution in [2.45, 2.75) is 13.0 Å². The minimum atomic E-state index is -0.250. The Morgan fingerprint density at radius 1 is 1.42 bits per heavy atom. The van der Waals surface area contributed by atoms with Crippen LogP contribution in [0.5, 0.6) is 5.75 Å². The molecule has 0 saturated carbocycles. The molecule has 0 spiro atoms. The molecule has 1 heterocycles. The van der Waals surface area contributed by atoms with E-state index in [1.165, 1.54) is 0 Å². The first-order chi connectivity index (χ1) is 5.77. The number of para-hydroxylation sites is 2. The van der Waals surface area contributed by atoms with Crippen molar-refractivity contribution in [2.75, 3.05) is 5.32 Å². The number of fused-ring (bicyclic) bond motifs is 1. The fourth-order valence-corrected chi connectivity index (χ4v) is 1.16. The summed E-state index contributed by atoms with van der Waals surface area (Å²) >= 11 is 0. The number of hydrogen-bond donors (Lipinski definition) is 1. The van der Waals surface area contributed by atoms with Gasteiger partial charge in [0, 0.05) is 0 Å². The number of carbonyl (C=O) groups is 1. The van der Waals surface area contributed by atoms with E-state index in [-0.39, 0.29) is 12.0 Å². The van der Waals surface area contributed by atoms with Crippen LogP contribution in [0.2, 0.25) is 0 Å². The normalized spacial score (nSPS) is 20.8. The molecule has 62 valence electrons. The van der Waals surface area contributed by atoms with Gasteiger partial charge in [0.05, 0.1) is 5.69 Å². The van der Waals surface area contributed by atoms with Gasteiger partial charge in [-0.2, -0.15) is 0 Å². The van der Waals surface area contributed by atoms with Crippen LogP contribution in [0.25, 0.3) is 0 Å². The van der Waals surface area contributed by atoms with Crippen LogP contribution in [-0.2, 0) is 4.79 Å². The SMILES string of the molecule is C[C@@H]1Nc2ccccc2OC1=O. The number of hydrogen-bond acceptors (Lipinski definition) is 3. The van der Waals surface area contributed by atoms with Crippen LogP contribution >= 0.6 is 0 Å². The fraction of sp³-hybridized carbons (Fsp3) is 0.222. The van der Waals surface area contributed by atoms with Crippen molar-refractivity contribution in [1.29, 1.82) is 0 Å². The first kappa shape index (κ1) is 7.16. The average molecular weight is 163 g/mol. The summed E-state index contributed by atoms with van der Waals surface area (Å²) in [5.74, 6) is 0.384. The van der Waals surface area contributed by atoms with Crippen molar-refractivity contribution in [3.63, 3.8) is 0 Å². The van der Waals surface area contributed by atoms with Gasteiger partial charge in [-0.15, -0.1) is 0 Å². The highest BCUT2D eigenvalue weighted by Gasteiger charge is 2.22. The largest absolute Gasteiger partial charge is 0.423 e. The average Bonchev–Trinajstić information content (AvgIpc) is 2.07. The van der Waals surface area contributed by atoms with E-state index in [2.05, 4.69) is 5.32 Å². The lowest BCUT2D eigenvalue weighted by Gasteiger charge is -2.22. The molecule has 0 bridgehead atoms. The molecular formula is C9H9NO2. The smallest absolute Gasteiger partial charge is 0.333 e. The van der Waals surface area contributed by atoms with Crippen LogP contribution < -0.4 is 10.1 Å². The molecule has 1 aliphatic rings. The highest BCUT2D eigenvalue weighted by Crippen LogP contribution is 2.28. The van der Waals surface area contributed by atoms with Crippen molar-refractivity contribution in [1.82, 2.24) is 0 Å². The molecule has 3 nitrogen and oxygen atoms in total. The lowest BCUT2D eigenvalue weighted by molar-refractivity contribution is -0.135. The van der Waals surface area contributed by atoms with Crippen molar-refractivity contribution in [2.24, 2.45) is 0 Å².